The van der Waals surface area contributed by atoms with E-state index in [9.17, 15) is 4.79 Å². The SMILES string of the molecule is O=C(NCCOCCOCCNc1nc(NCC2CCCCC2)nc(Nc2ccccc2)n1)c1ccccc1. The molecule has 1 aromatic heterocycles. The van der Waals surface area contributed by atoms with E-state index < -0.39 is 0 Å². The normalized spacial score (nSPS) is 13.5. The first kappa shape index (κ1) is 28.3. The van der Waals surface area contributed by atoms with Gasteiger partial charge in [0.25, 0.3) is 5.91 Å². The van der Waals surface area contributed by atoms with E-state index in [-0.39, 0.29) is 5.91 Å². The summed E-state index contributed by atoms with van der Waals surface area (Å²) in [5.74, 6) is 2.09. The van der Waals surface area contributed by atoms with Crippen LogP contribution in [0.1, 0.15) is 42.5 Å². The highest BCUT2D eigenvalue weighted by Crippen LogP contribution is 2.24. The van der Waals surface area contributed by atoms with Gasteiger partial charge in [-0.3, -0.25) is 4.79 Å². The van der Waals surface area contributed by atoms with Gasteiger partial charge in [0.1, 0.15) is 0 Å². The fourth-order valence-corrected chi connectivity index (χ4v) is 4.35. The van der Waals surface area contributed by atoms with Gasteiger partial charge in [0.15, 0.2) is 0 Å². The van der Waals surface area contributed by atoms with Gasteiger partial charge in [0, 0.05) is 30.9 Å². The maximum Gasteiger partial charge on any atom is 0.251 e. The fraction of sp³-hybridized carbons (Fsp3) is 0.448. The zero-order valence-electron chi connectivity index (χ0n) is 22.4. The molecule has 0 radical (unpaired) electrons. The van der Waals surface area contributed by atoms with Gasteiger partial charge in [-0.25, -0.2) is 0 Å². The van der Waals surface area contributed by atoms with Crippen molar-refractivity contribution >= 4 is 29.4 Å². The van der Waals surface area contributed by atoms with E-state index in [1.54, 1.807) is 12.1 Å². The Kier molecular flexibility index (Phi) is 11.8. The molecule has 4 N–H and O–H groups in total. The van der Waals surface area contributed by atoms with Crippen LogP contribution >= 0.6 is 0 Å². The third-order valence-electron chi connectivity index (χ3n) is 6.41. The van der Waals surface area contributed by atoms with Crippen molar-refractivity contribution in [1.29, 1.82) is 0 Å². The van der Waals surface area contributed by atoms with Gasteiger partial charge in [0.05, 0.1) is 26.4 Å². The van der Waals surface area contributed by atoms with Gasteiger partial charge in [-0.05, 0) is 43.0 Å². The molecule has 1 aliphatic rings. The Balaban J connectivity index is 1.15. The number of nitrogens with zero attached hydrogens (tertiary/aromatic N) is 3. The Labute approximate surface area is 230 Å². The van der Waals surface area contributed by atoms with E-state index in [1.807, 2.05) is 48.5 Å². The monoisotopic (exact) mass is 533 g/mol. The summed E-state index contributed by atoms with van der Waals surface area (Å²) in [6.07, 6.45) is 6.44. The van der Waals surface area contributed by atoms with Crippen molar-refractivity contribution in [1.82, 2.24) is 20.3 Å². The lowest BCUT2D eigenvalue weighted by Crippen LogP contribution is -2.27. The standard InChI is InChI=1S/C29H39N7O3/c37-26(24-12-6-2-7-13-24)30-16-18-38-20-21-39-19-17-31-27-34-28(32-22-23-10-4-1-5-11-23)36-29(35-27)33-25-14-8-3-9-15-25/h2-3,6-9,12-15,23H,1,4-5,10-11,16-22H2,(H,30,37)(H3,31,32,33,34,35,36). The number of carbonyl (C=O) groups is 1. The van der Waals surface area contributed by atoms with E-state index >= 15 is 0 Å². The molecule has 0 bridgehead atoms. The average Bonchev–Trinajstić information content (AvgIpc) is 2.98. The van der Waals surface area contributed by atoms with Gasteiger partial charge in [-0.2, -0.15) is 15.0 Å². The summed E-state index contributed by atoms with van der Waals surface area (Å²) >= 11 is 0. The Morgan fingerprint density at radius 3 is 2.05 bits per heavy atom. The molecule has 1 fully saturated rings. The van der Waals surface area contributed by atoms with Gasteiger partial charge in [0.2, 0.25) is 17.8 Å². The minimum Gasteiger partial charge on any atom is -0.377 e. The Morgan fingerprint density at radius 2 is 1.33 bits per heavy atom. The predicted octanol–water partition coefficient (Wildman–Crippen LogP) is 4.48. The van der Waals surface area contributed by atoms with Crippen LogP contribution in [0, 0.1) is 5.92 Å². The Morgan fingerprint density at radius 1 is 0.718 bits per heavy atom. The molecule has 2 aromatic carbocycles. The van der Waals surface area contributed by atoms with Crippen molar-refractivity contribution in [3.8, 4) is 0 Å². The predicted molar refractivity (Wildman–Crippen MR) is 154 cm³/mol. The molecule has 10 heteroatoms. The van der Waals surface area contributed by atoms with Crippen molar-refractivity contribution in [2.45, 2.75) is 32.1 Å². The first-order valence-corrected chi connectivity index (χ1v) is 13.8. The molecule has 0 atom stereocenters. The molecular formula is C29H39N7O3. The number of amides is 1. The van der Waals surface area contributed by atoms with Crippen molar-refractivity contribution in [3.05, 3.63) is 66.2 Å². The summed E-state index contributed by atoms with van der Waals surface area (Å²) in [6, 6.07) is 19.0. The molecule has 39 heavy (non-hydrogen) atoms. The molecular weight excluding hydrogens is 494 g/mol. The maximum atomic E-state index is 12.0. The number of aromatic nitrogens is 3. The van der Waals surface area contributed by atoms with Crippen molar-refractivity contribution in [2.24, 2.45) is 5.92 Å². The highest BCUT2D eigenvalue weighted by atomic mass is 16.5. The minimum absolute atomic E-state index is 0.102. The number of para-hydroxylation sites is 1. The van der Waals surface area contributed by atoms with E-state index in [0.29, 0.717) is 68.8 Å². The molecule has 3 aromatic rings. The van der Waals surface area contributed by atoms with Crippen molar-refractivity contribution < 1.29 is 14.3 Å². The fourth-order valence-electron chi connectivity index (χ4n) is 4.35. The second kappa shape index (κ2) is 16.3. The zero-order valence-corrected chi connectivity index (χ0v) is 22.4. The molecule has 1 aliphatic carbocycles. The van der Waals surface area contributed by atoms with Gasteiger partial charge < -0.3 is 30.7 Å². The molecule has 4 rings (SSSR count). The van der Waals surface area contributed by atoms with Crippen LogP contribution in [0.25, 0.3) is 0 Å². The summed E-state index contributed by atoms with van der Waals surface area (Å²) < 4.78 is 11.2. The minimum atomic E-state index is -0.102. The van der Waals surface area contributed by atoms with Gasteiger partial charge in [-0.15, -0.1) is 0 Å². The number of carbonyl (C=O) groups excluding carboxylic acids is 1. The molecule has 10 nitrogen and oxygen atoms in total. The maximum absolute atomic E-state index is 12.0. The molecule has 0 unspecified atom stereocenters. The Hall–Kier alpha value is -3.76. The highest BCUT2D eigenvalue weighted by Gasteiger charge is 2.14. The third kappa shape index (κ3) is 10.5. The zero-order chi connectivity index (χ0) is 27.0. The summed E-state index contributed by atoms with van der Waals surface area (Å²) in [5.41, 5.74) is 1.55. The number of hydrogen-bond donors (Lipinski definition) is 4. The molecule has 0 saturated heterocycles. The van der Waals surface area contributed by atoms with Crippen LogP contribution in [-0.2, 0) is 9.47 Å². The number of rotatable bonds is 16. The average molecular weight is 534 g/mol. The third-order valence-corrected chi connectivity index (χ3v) is 6.41. The number of anilines is 4. The second-order valence-electron chi connectivity index (χ2n) is 9.46. The molecule has 1 heterocycles. The smallest absolute Gasteiger partial charge is 0.251 e. The summed E-state index contributed by atoms with van der Waals surface area (Å²) in [5, 5.41) is 12.7. The highest BCUT2D eigenvalue weighted by molar-refractivity contribution is 5.94. The van der Waals surface area contributed by atoms with Crippen LogP contribution in [-0.4, -0.2) is 66.9 Å². The topological polar surface area (TPSA) is 122 Å². The molecule has 208 valence electrons. The summed E-state index contributed by atoms with van der Waals surface area (Å²) in [4.78, 5) is 25.7. The van der Waals surface area contributed by atoms with Crippen LogP contribution in [0.3, 0.4) is 0 Å². The summed E-state index contributed by atoms with van der Waals surface area (Å²) in [6.45, 7) is 3.68. The quantitative estimate of drug-likeness (QED) is 0.197. The van der Waals surface area contributed by atoms with Gasteiger partial charge in [-0.1, -0.05) is 55.7 Å². The van der Waals surface area contributed by atoms with Crippen LogP contribution in [0.5, 0.6) is 0 Å². The number of ether oxygens (including phenoxy) is 2. The van der Waals surface area contributed by atoms with Crippen molar-refractivity contribution in [3.63, 3.8) is 0 Å². The first-order valence-electron chi connectivity index (χ1n) is 13.8. The van der Waals surface area contributed by atoms with Gasteiger partial charge >= 0.3 is 0 Å². The number of hydrogen-bond acceptors (Lipinski definition) is 9. The lowest BCUT2D eigenvalue weighted by Gasteiger charge is -2.21. The van der Waals surface area contributed by atoms with Crippen LogP contribution < -0.4 is 21.3 Å². The second-order valence-corrected chi connectivity index (χ2v) is 9.46. The molecule has 1 saturated carbocycles. The van der Waals surface area contributed by atoms with E-state index in [4.69, 9.17) is 9.47 Å². The molecule has 0 aliphatic heterocycles. The van der Waals surface area contributed by atoms with E-state index in [0.717, 1.165) is 12.2 Å². The van der Waals surface area contributed by atoms with E-state index in [1.165, 1.54) is 32.1 Å². The Bertz CT molecular complexity index is 1110. The molecule has 1 amide bonds. The van der Waals surface area contributed by atoms with Crippen LogP contribution in [0.2, 0.25) is 0 Å². The first-order chi connectivity index (χ1) is 19.3. The van der Waals surface area contributed by atoms with Crippen LogP contribution in [0.15, 0.2) is 60.7 Å². The van der Waals surface area contributed by atoms with E-state index in [2.05, 4.69) is 36.2 Å². The lowest BCUT2D eigenvalue weighted by molar-refractivity contribution is 0.0519. The summed E-state index contributed by atoms with van der Waals surface area (Å²) in [7, 11) is 0. The molecule has 0 spiro atoms. The lowest BCUT2D eigenvalue weighted by atomic mass is 9.89. The van der Waals surface area contributed by atoms with Crippen molar-refractivity contribution in [2.75, 3.05) is 62.0 Å². The van der Waals surface area contributed by atoms with Crippen LogP contribution in [0.4, 0.5) is 23.5 Å². The number of nitrogens with one attached hydrogen (secondary N) is 4. The largest absolute Gasteiger partial charge is 0.377 e. The number of benzene rings is 2.